The van der Waals surface area contributed by atoms with Gasteiger partial charge in [0.1, 0.15) is 23.9 Å². The predicted molar refractivity (Wildman–Crippen MR) is 101 cm³/mol. The van der Waals surface area contributed by atoms with Crippen LogP contribution in [0.15, 0.2) is 59.8 Å². The molecule has 0 unspecified atom stereocenters. The first kappa shape index (κ1) is 20.4. The van der Waals surface area contributed by atoms with Gasteiger partial charge in [0.05, 0.1) is 0 Å². The molecule has 25 heavy (non-hydrogen) atoms. The predicted octanol–water partition coefficient (Wildman–Crippen LogP) is 4.16. The maximum Gasteiger partial charge on any atom is 0.132 e. The zero-order chi connectivity index (χ0) is 17.4. The molecule has 134 valence electrons. The lowest BCUT2D eigenvalue weighted by Gasteiger charge is -2.08. The molecule has 0 heterocycles. The molecule has 0 aliphatic carbocycles. The highest BCUT2D eigenvalue weighted by Crippen LogP contribution is 2.13. The van der Waals surface area contributed by atoms with Crippen LogP contribution in [-0.2, 0) is 4.84 Å². The minimum atomic E-state index is -0.359. The van der Waals surface area contributed by atoms with Crippen LogP contribution in [-0.4, -0.2) is 43.0 Å². The molecule has 0 fully saturated rings. The first-order valence-corrected chi connectivity index (χ1v) is 7.63. The summed E-state index contributed by atoms with van der Waals surface area (Å²) in [6.07, 6.45) is 3.49. The number of hydrogen-bond acceptors (Lipinski definition) is 4. The average molecular weight is 344 g/mol. The van der Waals surface area contributed by atoms with Gasteiger partial charge in [0.15, 0.2) is 0 Å². The van der Waals surface area contributed by atoms with Crippen LogP contribution in [0, 0.1) is 5.82 Å². The monoisotopic (exact) mass is 344 g/mol. The fourth-order valence-corrected chi connectivity index (χ4v) is 1.94. The van der Waals surface area contributed by atoms with E-state index < -0.39 is 0 Å². The van der Waals surface area contributed by atoms with E-state index in [9.17, 15) is 9.50 Å². The Bertz CT molecular complexity index is 710. The van der Waals surface area contributed by atoms with Crippen molar-refractivity contribution < 1.29 is 14.3 Å². The summed E-state index contributed by atoms with van der Waals surface area (Å²) in [5, 5.41) is 13.4. The highest BCUT2D eigenvalue weighted by molar-refractivity contribution is 6.10. The van der Waals surface area contributed by atoms with Gasteiger partial charge >= 0.3 is 0 Å². The second-order valence-electron chi connectivity index (χ2n) is 5.52. The summed E-state index contributed by atoms with van der Waals surface area (Å²) < 4.78 is 14.0. The van der Waals surface area contributed by atoms with Crippen molar-refractivity contribution in [3.63, 3.8) is 0 Å². The molecule has 0 aliphatic heterocycles. The molecular formula is C20H25FN2O2. The summed E-state index contributed by atoms with van der Waals surface area (Å²) in [4.78, 5) is 7.29. The van der Waals surface area contributed by atoms with Crippen molar-refractivity contribution in [3.05, 3.63) is 71.6 Å². The van der Waals surface area contributed by atoms with Crippen LogP contribution < -0.4 is 0 Å². The fourth-order valence-electron chi connectivity index (χ4n) is 1.94. The number of phenolic OH excluding ortho intramolecular Hbond substituents is 1. The van der Waals surface area contributed by atoms with Crippen LogP contribution in [0.5, 0.6) is 5.75 Å². The number of benzene rings is 2. The largest absolute Gasteiger partial charge is 0.508 e. The van der Waals surface area contributed by atoms with Crippen LogP contribution >= 0.6 is 0 Å². The van der Waals surface area contributed by atoms with E-state index >= 15 is 0 Å². The van der Waals surface area contributed by atoms with Crippen LogP contribution in [0.25, 0.3) is 6.08 Å². The molecule has 0 radical (unpaired) electrons. The molecule has 0 saturated heterocycles. The van der Waals surface area contributed by atoms with Crippen LogP contribution in [0.3, 0.4) is 0 Å². The van der Waals surface area contributed by atoms with E-state index in [0.29, 0.717) is 17.9 Å². The number of allylic oxidation sites excluding steroid dienone is 1. The molecule has 0 atom stereocenters. The number of halogens is 1. The highest BCUT2D eigenvalue weighted by atomic mass is 19.1. The van der Waals surface area contributed by atoms with E-state index in [4.69, 9.17) is 4.84 Å². The van der Waals surface area contributed by atoms with Gasteiger partial charge in [-0.2, -0.15) is 0 Å². The zero-order valence-electron chi connectivity index (χ0n) is 13.8. The Kier molecular flexibility index (Phi) is 8.36. The van der Waals surface area contributed by atoms with Crippen LogP contribution in [0.4, 0.5) is 4.39 Å². The Labute approximate surface area is 148 Å². The van der Waals surface area contributed by atoms with Crippen molar-refractivity contribution >= 4 is 11.8 Å². The van der Waals surface area contributed by atoms with Crippen molar-refractivity contribution in [2.24, 2.45) is 5.16 Å². The first-order valence-electron chi connectivity index (χ1n) is 7.63. The molecule has 0 spiro atoms. The Morgan fingerprint density at radius 1 is 1.16 bits per heavy atom. The molecule has 2 aromatic carbocycles. The molecule has 4 nitrogen and oxygen atoms in total. The van der Waals surface area contributed by atoms with Crippen molar-refractivity contribution in [3.8, 4) is 5.75 Å². The minimum Gasteiger partial charge on any atom is -0.508 e. The SMILES string of the molecule is C.CN(C)CCO/N=C(/C=C/c1ccc(O)cc1)c1ccccc1F. The number of aromatic hydroxyl groups is 1. The third-order valence-corrected chi connectivity index (χ3v) is 3.27. The van der Waals surface area contributed by atoms with Crippen molar-refractivity contribution in [2.45, 2.75) is 7.43 Å². The van der Waals surface area contributed by atoms with Gasteiger partial charge in [0.2, 0.25) is 0 Å². The standard InChI is InChI=1S/C19H21FN2O2.CH4/c1-22(2)13-14-24-21-19(17-5-3-4-6-18(17)20)12-9-15-7-10-16(23)11-8-15;/h3-12,23H,13-14H2,1-2H3;1H4/b12-9+,21-19-;. The molecule has 2 aromatic rings. The summed E-state index contributed by atoms with van der Waals surface area (Å²) >= 11 is 0. The third kappa shape index (κ3) is 6.77. The summed E-state index contributed by atoms with van der Waals surface area (Å²) in [5.74, 6) is -0.162. The molecular weight excluding hydrogens is 319 g/mol. The van der Waals surface area contributed by atoms with Crippen molar-refractivity contribution in [1.82, 2.24) is 4.90 Å². The zero-order valence-corrected chi connectivity index (χ0v) is 13.8. The average Bonchev–Trinajstić information content (AvgIpc) is 2.56. The molecule has 2 rings (SSSR count). The summed E-state index contributed by atoms with van der Waals surface area (Å²) in [5.41, 5.74) is 1.64. The normalized spacial score (nSPS) is 11.6. The molecule has 5 heteroatoms. The quantitative estimate of drug-likeness (QED) is 0.466. The van der Waals surface area contributed by atoms with Gasteiger partial charge in [-0.15, -0.1) is 0 Å². The number of rotatable bonds is 7. The maximum absolute atomic E-state index is 14.0. The number of likely N-dealkylation sites (N-methyl/N-ethyl adjacent to an activating group) is 1. The van der Waals surface area contributed by atoms with Gasteiger partial charge < -0.3 is 14.8 Å². The number of hydrogen-bond donors (Lipinski definition) is 1. The van der Waals surface area contributed by atoms with E-state index in [1.54, 1.807) is 54.6 Å². The van der Waals surface area contributed by atoms with E-state index in [1.807, 2.05) is 19.0 Å². The fraction of sp³-hybridized carbons (Fsp3) is 0.250. The number of oxime groups is 1. The molecule has 1 N–H and O–H groups in total. The Hall–Kier alpha value is -2.66. The molecule has 0 bridgehead atoms. The smallest absolute Gasteiger partial charge is 0.132 e. The van der Waals surface area contributed by atoms with Gasteiger partial charge in [-0.3, -0.25) is 0 Å². The third-order valence-electron chi connectivity index (χ3n) is 3.27. The van der Waals surface area contributed by atoms with Gasteiger partial charge in [0.25, 0.3) is 0 Å². The number of nitrogens with zero attached hydrogens (tertiary/aromatic N) is 2. The molecule has 0 aliphatic rings. The summed E-state index contributed by atoms with van der Waals surface area (Å²) in [7, 11) is 3.88. The lowest BCUT2D eigenvalue weighted by atomic mass is 10.1. The van der Waals surface area contributed by atoms with Crippen LogP contribution in [0.2, 0.25) is 0 Å². The Morgan fingerprint density at radius 3 is 2.48 bits per heavy atom. The van der Waals surface area contributed by atoms with Gasteiger partial charge in [-0.1, -0.05) is 42.9 Å². The van der Waals surface area contributed by atoms with Gasteiger partial charge in [0, 0.05) is 12.1 Å². The summed E-state index contributed by atoms with van der Waals surface area (Å²) in [6, 6.07) is 13.1. The van der Waals surface area contributed by atoms with E-state index in [2.05, 4.69) is 5.16 Å². The maximum atomic E-state index is 14.0. The van der Waals surface area contributed by atoms with E-state index in [0.717, 1.165) is 12.1 Å². The van der Waals surface area contributed by atoms with Crippen LogP contribution in [0.1, 0.15) is 18.6 Å². The minimum absolute atomic E-state index is 0. The second kappa shape index (κ2) is 10.3. The topological polar surface area (TPSA) is 45.1 Å². The van der Waals surface area contributed by atoms with E-state index in [-0.39, 0.29) is 19.0 Å². The Morgan fingerprint density at radius 2 is 1.84 bits per heavy atom. The highest BCUT2D eigenvalue weighted by Gasteiger charge is 2.07. The second-order valence-corrected chi connectivity index (χ2v) is 5.52. The molecule has 0 saturated carbocycles. The first-order chi connectivity index (χ1) is 11.6. The van der Waals surface area contributed by atoms with Gasteiger partial charge in [-0.25, -0.2) is 4.39 Å². The molecule has 0 amide bonds. The molecule has 0 aromatic heterocycles. The van der Waals surface area contributed by atoms with Gasteiger partial charge in [-0.05, 0) is 50.0 Å². The Balaban J connectivity index is 0.00000312. The van der Waals surface area contributed by atoms with Crippen molar-refractivity contribution in [1.29, 1.82) is 0 Å². The lowest BCUT2D eigenvalue weighted by molar-refractivity contribution is 0.126. The lowest BCUT2D eigenvalue weighted by Crippen LogP contribution is -2.17. The van der Waals surface area contributed by atoms with Crippen molar-refractivity contribution in [2.75, 3.05) is 27.2 Å². The van der Waals surface area contributed by atoms with E-state index in [1.165, 1.54) is 6.07 Å². The summed E-state index contributed by atoms with van der Waals surface area (Å²) in [6.45, 7) is 1.13. The number of phenols is 1.